The Morgan fingerprint density at radius 1 is 1.29 bits per heavy atom. The number of rotatable bonds is 1. The molecule has 3 rings (SSSR count). The number of hydrogen-bond donors (Lipinski definition) is 1. The first-order valence-electron chi connectivity index (χ1n) is 5.36. The van der Waals surface area contributed by atoms with Crippen molar-refractivity contribution in [2.75, 3.05) is 0 Å². The van der Waals surface area contributed by atoms with E-state index in [4.69, 9.17) is 12.2 Å². The van der Waals surface area contributed by atoms with E-state index >= 15 is 0 Å². The lowest BCUT2D eigenvalue weighted by Crippen LogP contribution is -1.97. The molecule has 86 valence electrons. The maximum Gasteiger partial charge on any atom is 0.184 e. The Kier molecular flexibility index (Phi) is 2.16. The van der Waals surface area contributed by atoms with E-state index in [0.717, 1.165) is 16.9 Å². The van der Waals surface area contributed by atoms with Gasteiger partial charge in [0.05, 0.1) is 11.0 Å². The topological polar surface area (TPSA) is 38.5 Å². The Hall–Kier alpha value is -1.88. The summed E-state index contributed by atoms with van der Waals surface area (Å²) in [6, 6.07) is 8.17. The quantitative estimate of drug-likeness (QED) is 0.668. The van der Waals surface area contributed by atoms with Gasteiger partial charge in [-0.3, -0.25) is 9.25 Å². The highest BCUT2D eigenvalue weighted by Gasteiger charge is 2.08. The average molecular weight is 244 g/mol. The Labute approximate surface area is 104 Å². The van der Waals surface area contributed by atoms with Crippen molar-refractivity contribution in [2.24, 2.45) is 7.05 Å². The summed E-state index contributed by atoms with van der Waals surface area (Å²) in [6.07, 6.45) is 1.91. The Balaban J connectivity index is 2.36. The second-order valence-electron chi connectivity index (χ2n) is 4.13. The molecule has 0 fully saturated rings. The molecular formula is C12H12N4S. The number of aromatic amines is 1. The van der Waals surface area contributed by atoms with Crippen LogP contribution >= 0.6 is 12.2 Å². The molecule has 0 amide bonds. The summed E-state index contributed by atoms with van der Waals surface area (Å²) >= 11 is 5.35. The van der Waals surface area contributed by atoms with Gasteiger partial charge in [-0.1, -0.05) is 6.07 Å². The number of imidazole rings is 1. The van der Waals surface area contributed by atoms with Crippen molar-refractivity contribution in [2.45, 2.75) is 6.92 Å². The van der Waals surface area contributed by atoms with Crippen LogP contribution in [0.1, 0.15) is 5.56 Å². The van der Waals surface area contributed by atoms with Gasteiger partial charge in [0, 0.05) is 19.3 Å². The van der Waals surface area contributed by atoms with Crippen LogP contribution in [-0.2, 0) is 7.05 Å². The molecule has 1 N–H and O–H groups in total. The lowest BCUT2D eigenvalue weighted by Gasteiger charge is -1.99. The van der Waals surface area contributed by atoms with Crippen LogP contribution in [0.25, 0.3) is 16.9 Å². The van der Waals surface area contributed by atoms with E-state index in [1.807, 2.05) is 23.9 Å². The van der Waals surface area contributed by atoms with Crippen LogP contribution in [0, 0.1) is 11.7 Å². The number of nitrogens with one attached hydrogen (secondary N) is 1. The van der Waals surface area contributed by atoms with Crippen LogP contribution in [0.3, 0.4) is 0 Å². The molecule has 0 aliphatic rings. The van der Waals surface area contributed by atoms with Crippen LogP contribution in [0.15, 0.2) is 30.5 Å². The van der Waals surface area contributed by atoms with Gasteiger partial charge in [0.15, 0.2) is 10.6 Å². The predicted molar refractivity (Wildman–Crippen MR) is 70.0 cm³/mol. The maximum absolute atomic E-state index is 5.35. The number of nitrogens with zero attached hydrogens (tertiary/aromatic N) is 3. The highest BCUT2D eigenvalue weighted by atomic mass is 32.1. The summed E-state index contributed by atoms with van der Waals surface area (Å²) in [5, 5.41) is 4.38. The molecule has 0 aliphatic heterocycles. The third-order valence-electron chi connectivity index (χ3n) is 2.77. The van der Waals surface area contributed by atoms with Crippen LogP contribution in [0.5, 0.6) is 0 Å². The summed E-state index contributed by atoms with van der Waals surface area (Å²) in [4.78, 5) is 3.20. The Morgan fingerprint density at radius 3 is 2.82 bits per heavy atom. The SMILES string of the molecule is Cc1ccc2c(c1)[nH]c(=S)n2-c1ccn(C)n1. The molecule has 0 atom stereocenters. The van der Waals surface area contributed by atoms with Gasteiger partial charge >= 0.3 is 0 Å². The highest BCUT2D eigenvalue weighted by Crippen LogP contribution is 2.19. The minimum absolute atomic E-state index is 0.671. The summed E-state index contributed by atoms with van der Waals surface area (Å²) in [5.74, 6) is 0.840. The van der Waals surface area contributed by atoms with Gasteiger partial charge in [-0.25, -0.2) is 0 Å². The van der Waals surface area contributed by atoms with Crippen molar-refractivity contribution in [3.8, 4) is 5.82 Å². The fourth-order valence-electron chi connectivity index (χ4n) is 1.98. The summed E-state index contributed by atoms with van der Waals surface area (Å²) in [5.41, 5.74) is 3.31. The molecule has 0 saturated carbocycles. The van der Waals surface area contributed by atoms with E-state index in [1.165, 1.54) is 5.56 Å². The lowest BCUT2D eigenvalue weighted by molar-refractivity contribution is 0.752. The van der Waals surface area contributed by atoms with E-state index in [1.54, 1.807) is 4.68 Å². The van der Waals surface area contributed by atoms with Gasteiger partial charge in [0.2, 0.25) is 0 Å². The zero-order valence-electron chi connectivity index (χ0n) is 9.64. The normalized spacial score (nSPS) is 11.2. The van der Waals surface area contributed by atoms with Crippen molar-refractivity contribution >= 4 is 23.3 Å². The smallest absolute Gasteiger partial charge is 0.184 e. The molecule has 0 unspecified atom stereocenters. The molecule has 0 spiro atoms. The number of aryl methyl sites for hydroxylation is 2. The number of benzene rings is 1. The number of H-pyrrole nitrogens is 1. The molecule has 2 aromatic heterocycles. The molecule has 3 aromatic rings. The fraction of sp³-hybridized carbons (Fsp3) is 0.167. The monoisotopic (exact) mass is 244 g/mol. The first kappa shape index (κ1) is 10.3. The molecule has 0 aliphatic carbocycles. The van der Waals surface area contributed by atoms with E-state index in [-0.39, 0.29) is 0 Å². The van der Waals surface area contributed by atoms with Crippen LogP contribution in [0.2, 0.25) is 0 Å². The Morgan fingerprint density at radius 2 is 2.12 bits per heavy atom. The zero-order chi connectivity index (χ0) is 12.0. The van der Waals surface area contributed by atoms with Gasteiger partial charge < -0.3 is 4.98 Å². The second kappa shape index (κ2) is 3.56. The molecule has 17 heavy (non-hydrogen) atoms. The van der Waals surface area contributed by atoms with Gasteiger partial charge in [0.1, 0.15) is 0 Å². The molecule has 0 radical (unpaired) electrons. The molecule has 2 heterocycles. The average Bonchev–Trinajstić information content (AvgIpc) is 2.80. The van der Waals surface area contributed by atoms with Crippen molar-refractivity contribution in [3.63, 3.8) is 0 Å². The lowest BCUT2D eigenvalue weighted by atomic mass is 10.2. The zero-order valence-corrected chi connectivity index (χ0v) is 10.5. The van der Waals surface area contributed by atoms with E-state index in [2.05, 4.69) is 35.2 Å². The second-order valence-corrected chi connectivity index (χ2v) is 4.52. The third kappa shape index (κ3) is 1.59. The van der Waals surface area contributed by atoms with Crippen LogP contribution < -0.4 is 0 Å². The Bertz CT molecular complexity index is 747. The predicted octanol–water partition coefficient (Wildman–Crippen LogP) is 2.73. The minimum Gasteiger partial charge on any atom is -0.330 e. The van der Waals surface area contributed by atoms with Gasteiger partial charge in [-0.2, -0.15) is 5.10 Å². The molecular weight excluding hydrogens is 232 g/mol. The number of hydrogen-bond acceptors (Lipinski definition) is 2. The molecule has 0 saturated heterocycles. The first-order chi connectivity index (χ1) is 8.15. The van der Waals surface area contributed by atoms with Crippen LogP contribution in [-0.4, -0.2) is 19.3 Å². The van der Waals surface area contributed by atoms with Gasteiger partial charge in [0.25, 0.3) is 0 Å². The van der Waals surface area contributed by atoms with E-state index in [0.29, 0.717) is 4.77 Å². The van der Waals surface area contributed by atoms with Crippen molar-refractivity contribution < 1.29 is 0 Å². The van der Waals surface area contributed by atoms with E-state index < -0.39 is 0 Å². The molecule has 0 bridgehead atoms. The van der Waals surface area contributed by atoms with Gasteiger partial charge in [-0.15, -0.1) is 0 Å². The molecule has 4 nitrogen and oxygen atoms in total. The first-order valence-corrected chi connectivity index (χ1v) is 5.77. The summed E-state index contributed by atoms with van der Waals surface area (Å²) in [7, 11) is 1.89. The fourth-order valence-corrected chi connectivity index (χ4v) is 2.28. The van der Waals surface area contributed by atoms with Crippen molar-refractivity contribution in [1.29, 1.82) is 0 Å². The number of fused-ring (bicyclic) bond motifs is 1. The third-order valence-corrected chi connectivity index (χ3v) is 3.05. The minimum atomic E-state index is 0.671. The van der Waals surface area contributed by atoms with E-state index in [9.17, 15) is 0 Å². The van der Waals surface area contributed by atoms with Gasteiger partial charge in [-0.05, 0) is 36.8 Å². The van der Waals surface area contributed by atoms with Crippen molar-refractivity contribution in [1.82, 2.24) is 19.3 Å². The number of aromatic nitrogens is 4. The summed E-state index contributed by atoms with van der Waals surface area (Å²) in [6.45, 7) is 2.06. The molecule has 5 heteroatoms. The largest absolute Gasteiger partial charge is 0.330 e. The summed E-state index contributed by atoms with van der Waals surface area (Å²) < 4.78 is 4.39. The molecule has 1 aromatic carbocycles. The standard InChI is InChI=1S/C12H12N4S/c1-8-3-4-10-9(7-8)13-12(17)16(10)11-5-6-15(2)14-11/h3-7H,1-2H3,(H,13,17). The van der Waals surface area contributed by atoms with Crippen molar-refractivity contribution in [3.05, 3.63) is 40.8 Å². The highest BCUT2D eigenvalue weighted by molar-refractivity contribution is 7.71. The maximum atomic E-state index is 5.35. The van der Waals surface area contributed by atoms with Crippen LogP contribution in [0.4, 0.5) is 0 Å².